The minimum atomic E-state index is -4.48. The van der Waals surface area contributed by atoms with Crippen LogP contribution in [0.2, 0.25) is 5.02 Å². The molecule has 9 heteroatoms. The molecule has 0 spiro atoms. The molecule has 29 heavy (non-hydrogen) atoms. The summed E-state index contributed by atoms with van der Waals surface area (Å²) in [5.41, 5.74) is 2.28. The maximum Gasteiger partial charge on any atom is 0.418 e. The van der Waals surface area contributed by atoms with Crippen LogP contribution in [0.25, 0.3) is 0 Å². The minimum Gasteiger partial charge on any atom is -0.332 e. The molecule has 1 heterocycles. The molecule has 0 amide bonds. The molecular weight excluding hydrogens is 421 g/mol. The number of rotatable bonds is 4. The standard InChI is InChI=1S/C20H18ClF3N4S/c1-12-18(13(2)28(27-12)11-14-7-9-15(21)10-8-14)26-19(29)25-17-6-4-3-5-16(17)20(22,23)24/h3-10H,11H2,1-2H3,(H2,25,26,29). The van der Waals surface area contributed by atoms with Crippen molar-refractivity contribution < 1.29 is 13.2 Å². The number of aryl methyl sites for hydroxylation is 1. The lowest BCUT2D eigenvalue weighted by atomic mass is 10.1. The highest BCUT2D eigenvalue weighted by molar-refractivity contribution is 7.80. The second-order valence-electron chi connectivity index (χ2n) is 6.45. The number of alkyl halides is 3. The molecule has 2 N–H and O–H groups in total. The van der Waals surface area contributed by atoms with E-state index in [1.807, 2.05) is 19.1 Å². The van der Waals surface area contributed by atoms with Gasteiger partial charge in [0.1, 0.15) is 0 Å². The van der Waals surface area contributed by atoms with Crippen molar-refractivity contribution in [3.05, 3.63) is 76.1 Å². The summed E-state index contributed by atoms with van der Waals surface area (Å²) in [6, 6.07) is 12.6. The Balaban J connectivity index is 1.76. The summed E-state index contributed by atoms with van der Waals surface area (Å²) in [6.45, 7) is 4.20. The highest BCUT2D eigenvalue weighted by Crippen LogP contribution is 2.34. The maximum atomic E-state index is 13.2. The number of nitrogens with zero attached hydrogens (tertiary/aromatic N) is 2. The van der Waals surface area contributed by atoms with Crippen molar-refractivity contribution in [1.29, 1.82) is 0 Å². The predicted octanol–water partition coefficient (Wildman–Crippen LogP) is 6.03. The Morgan fingerprint density at radius 3 is 2.38 bits per heavy atom. The van der Waals surface area contributed by atoms with Crippen molar-refractivity contribution in [3.8, 4) is 0 Å². The lowest BCUT2D eigenvalue weighted by Gasteiger charge is -2.16. The van der Waals surface area contributed by atoms with Crippen molar-refractivity contribution in [1.82, 2.24) is 9.78 Å². The Morgan fingerprint density at radius 1 is 1.07 bits per heavy atom. The molecule has 0 radical (unpaired) electrons. The second-order valence-corrected chi connectivity index (χ2v) is 7.30. The Kier molecular flexibility index (Phi) is 6.14. The fourth-order valence-corrected chi connectivity index (χ4v) is 3.24. The predicted molar refractivity (Wildman–Crippen MR) is 114 cm³/mol. The highest BCUT2D eigenvalue weighted by atomic mass is 35.5. The van der Waals surface area contributed by atoms with Gasteiger partial charge in [0.2, 0.25) is 0 Å². The smallest absolute Gasteiger partial charge is 0.332 e. The summed E-state index contributed by atoms with van der Waals surface area (Å²) in [6.07, 6.45) is -4.48. The van der Waals surface area contributed by atoms with Crippen LogP contribution in [0.5, 0.6) is 0 Å². The van der Waals surface area contributed by atoms with E-state index >= 15 is 0 Å². The molecule has 0 aliphatic carbocycles. The summed E-state index contributed by atoms with van der Waals surface area (Å²) in [5, 5.41) is 10.8. The topological polar surface area (TPSA) is 41.9 Å². The Labute approximate surface area is 176 Å². The van der Waals surface area contributed by atoms with Gasteiger partial charge in [-0.3, -0.25) is 4.68 Å². The maximum absolute atomic E-state index is 13.2. The van der Waals surface area contributed by atoms with E-state index in [1.54, 1.807) is 23.7 Å². The number of nitrogens with one attached hydrogen (secondary N) is 2. The molecule has 4 nitrogen and oxygen atoms in total. The first-order valence-corrected chi connectivity index (χ1v) is 9.46. The van der Waals surface area contributed by atoms with Gasteiger partial charge in [-0.05, 0) is 55.9 Å². The van der Waals surface area contributed by atoms with Gasteiger partial charge >= 0.3 is 6.18 Å². The molecule has 0 atom stereocenters. The minimum absolute atomic E-state index is 0.0546. The lowest BCUT2D eigenvalue weighted by Crippen LogP contribution is -2.22. The largest absolute Gasteiger partial charge is 0.418 e. The van der Waals surface area contributed by atoms with Crippen LogP contribution in [0, 0.1) is 13.8 Å². The Bertz CT molecular complexity index is 1030. The quantitative estimate of drug-likeness (QED) is 0.488. The zero-order chi connectivity index (χ0) is 21.2. The summed E-state index contributed by atoms with van der Waals surface area (Å²) < 4.78 is 41.3. The van der Waals surface area contributed by atoms with Gasteiger partial charge in [0.15, 0.2) is 5.11 Å². The van der Waals surface area contributed by atoms with E-state index in [1.165, 1.54) is 18.2 Å². The number of hydrogen-bond acceptors (Lipinski definition) is 2. The normalized spacial score (nSPS) is 11.4. The zero-order valence-corrected chi connectivity index (χ0v) is 17.2. The molecule has 0 aliphatic heterocycles. The summed E-state index contributed by atoms with van der Waals surface area (Å²) >= 11 is 11.1. The van der Waals surface area contributed by atoms with Crippen LogP contribution in [-0.4, -0.2) is 14.9 Å². The number of benzene rings is 2. The Morgan fingerprint density at radius 2 is 1.72 bits per heavy atom. The Hall–Kier alpha value is -2.58. The first kappa shape index (κ1) is 21.1. The molecule has 0 saturated heterocycles. The van der Waals surface area contributed by atoms with E-state index < -0.39 is 11.7 Å². The van der Waals surface area contributed by atoms with Crippen LogP contribution in [0.3, 0.4) is 0 Å². The number of aromatic nitrogens is 2. The fraction of sp³-hybridized carbons (Fsp3) is 0.200. The average molecular weight is 439 g/mol. The zero-order valence-electron chi connectivity index (χ0n) is 15.6. The third-order valence-corrected chi connectivity index (χ3v) is 4.80. The highest BCUT2D eigenvalue weighted by Gasteiger charge is 2.33. The molecule has 0 saturated carbocycles. The van der Waals surface area contributed by atoms with Gasteiger partial charge in [0, 0.05) is 5.02 Å². The van der Waals surface area contributed by atoms with Crippen molar-refractivity contribution in [2.24, 2.45) is 0 Å². The first-order chi connectivity index (χ1) is 13.6. The van der Waals surface area contributed by atoms with Crippen molar-refractivity contribution in [2.45, 2.75) is 26.6 Å². The number of anilines is 2. The van der Waals surface area contributed by atoms with E-state index in [9.17, 15) is 13.2 Å². The van der Waals surface area contributed by atoms with E-state index in [0.717, 1.165) is 17.3 Å². The molecule has 0 unspecified atom stereocenters. The molecule has 0 fully saturated rings. The van der Waals surface area contributed by atoms with Crippen molar-refractivity contribution in [2.75, 3.05) is 10.6 Å². The third-order valence-electron chi connectivity index (χ3n) is 4.35. The lowest BCUT2D eigenvalue weighted by molar-refractivity contribution is -0.136. The van der Waals surface area contributed by atoms with Gasteiger partial charge < -0.3 is 10.6 Å². The third kappa shape index (κ3) is 5.07. The van der Waals surface area contributed by atoms with Gasteiger partial charge in [0.25, 0.3) is 0 Å². The fourth-order valence-electron chi connectivity index (χ4n) is 2.90. The number of para-hydroxylation sites is 1. The molecule has 152 valence electrons. The van der Waals surface area contributed by atoms with E-state index in [0.29, 0.717) is 22.9 Å². The molecule has 0 bridgehead atoms. The molecule has 2 aromatic carbocycles. The SMILES string of the molecule is Cc1nn(Cc2ccc(Cl)cc2)c(C)c1NC(=S)Nc1ccccc1C(F)(F)F. The van der Waals surface area contributed by atoms with Gasteiger partial charge in [-0.15, -0.1) is 0 Å². The second kappa shape index (κ2) is 8.42. The molecule has 0 aliphatic rings. The molecule has 1 aromatic heterocycles. The summed E-state index contributed by atoms with van der Waals surface area (Å²) in [7, 11) is 0. The van der Waals surface area contributed by atoms with Crippen LogP contribution >= 0.6 is 23.8 Å². The van der Waals surface area contributed by atoms with Crippen LogP contribution < -0.4 is 10.6 Å². The van der Waals surface area contributed by atoms with E-state index in [4.69, 9.17) is 23.8 Å². The van der Waals surface area contributed by atoms with Crippen molar-refractivity contribution in [3.63, 3.8) is 0 Å². The first-order valence-electron chi connectivity index (χ1n) is 8.68. The number of halogens is 4. The van der Waals surface area contributed by atoms with E-state index in [2.05, 4.69) is 15.7 Å². The van der Waals surface area contributed by atoms with E-state index in [-0.39, 0.29) is 10.8 Å². The number of thiocarbonyl (C=S) groups is 1. The van der Waals surface area contributed by atoms with Gasteiger partial charge in [-0.2, -0.15) is 18.3 Å². The van der Waals surface area contributed by atoms with Gasteiger partial charge in [-0.1, -0.05) is 35.9 Å². The molecular formula is C20H18ClF3N4S. The van der Waals surface area contributed by atoms with Crippen molar-refractivity contribution >= 4 is 40.3 Å². The molecule has 3 aromatic rings. The van der Waals surface area contributed by atoms with Gasteiger partial charge in [-0.25, -0.2) is 0 Å². The summed E-state index contributed by atoms with van der Waals surface area (Å²) in [4.78, 5) is 0. The molecule has 3 rings (SSSR count). The van der Waals surface area contributed by atoms with Crippen LogP contribution in [0.1, 0.15) is 22.5 Å². The van der Waals surface area contributed by atoms with Crippen LogP contribution in [0.15, 0.2) is 48.5 Å². The summed E-state index contributed by atoms with van der Waals surface area (Å²) in [5.74, 6) is 0. The number of hydrogen-bond donors (Lipinski definition) is 2. The van der Waals surface area contributed by atoms with Gasteiger partial charge in [0.05, 0.1) is 34.9 Å². The average Bonchev–Trinajstić information content (AvgIpc) is 2.90. The van der Waals surface area contributed by atoms with Crippen LogP contribution in [-0.2, 0) is 12.7 Å². The van der Waals surface area contributed by atoms with Crippen LogP contribution in [0.4, 0.5) is 24.5 Å². The monoisotopic (exact) mass is 438 g/mol.